The fraction of sp³-hybridized carbons (Fsp3) is 0.750. The third kappa shape index (κ3) is 4.65. The van der Waals surface area contributed by atoms with Crippen LogP contribution in [0.3, 0.4) is 0 Å². The molecule has 0 radical (unpaired) electrons. The highest BCUT2D eigenvalue weighted by molar-refractivity contribution is 5.93. The second kappa shape index (κ2) is 7.80. The molecule has 0 aliphatic heterocycles. The number of aromatic amines is 1. The molecule has 26 heavy (non-hydrogen) atoms. The fourth-order valence-corrected chi connectivity index (χ4v) is 4.07. The van der Waals surface area contributed by atoms with E-state index < -0.39 is 0 Å². The molecule has 2 saturated carbocycles. The Hall–Kier alpha value is -1.85. The Morgan fingerprint density at radius 2 is 1.96 bits per heavy atom. The van der Waals surface area contributed by atoms with E-state index in [-0.39, 0.29) is 23.7 Å². The molecule has 2 amide bonds. The molecule has 6 heteroatoms. The number of nitrogens with zero attached hydrogens (tertiary/aromatic N) is 2. The van der Waals surface area contributed by atoms with Gasteiger partial charge in [0.2, 0.25) is 5.91 Å². The first kappa shape index (κ1) is 18.9. The lowest BCUT2D eigenvalue weighted by Crippen LogP contribution is -2.43. The first-order valence-corrected chi connectivity index (χ1v) is 9.89. The number of nitrogens with one attached hydrogen (secondary N) is 2. The van der Waals surface area contributed by atoms with Gasteiger partial charge in [0.25, 0.3) is 5.91 Å². The molecule has 0 spiro atoms. The lowest BCUT2D eigenvalue weighted by Gasteiger charge is -2.37. The Morgan fingerprint density at radius 1 is 1.27 bits per heavy atom. The molecule has 0 aromatic carbocycles. The lowest BCUT2D eigenvalue weighted by molar-refractivity contribution is -0.139. The average Bonchev–Trinajstić information content (AvgIpc) is 3.30. The molecule has 1 aromatic rings. The minimum atomic E-state index is -0.158. The SMILES string of the molecule is Cc1nc(C(=O)NCC(C)CN(C)C(=O)C2CC(CC3CC3)C2)c(C)[nH]1. The Balaban J connectivity index is 1.37. The van der Waals surface area contributed by atoms with Crippen molar-refractivity contribution in [2.75, 3.05) is 20.1 Å². The van der Waals surface area contributed by atoms with Gasteiger partial charge in [-0.25, -0.2) is 4.98 Å². The van der Waals surface area contributed by atoms with Gasteiger partial charge >= 0.3 is 0 Å². The highest BCUT2D eigenvalue weighted by Crippen LogP contribution is 2.45. The standard InChI is InChI=1S/C20H32N4O2/c1-12(10-21-19(25)18-13(2)22-14(3)23-18)11-24(4)20(26)17-8-16(9-17)7-15-5-6-15/h12,15-17H,5-11H2,1-4H3,(H,21,25)(H,22,23). The minimum Gasteiger partial charge on any atom is -0.350 e. The molecule has 2 aliphatic rings. The molecule has 0 bridgehead atoms. The number of imidazole rings is 1. The molecule has 3 rings (SSSR count). The van der Waals surface area contributed by atoms with E-state index in [4.69, 9.17) is 0 Å². The molecule has 2 N–H and O–H groups in total. The summed E-state index contributed by atoms with van der Waals surface area (Å²) in [4.78, 5) is 33.9. The molecule has 2 aliphatic carbocycles. The Labute approximate surface area is 156 Å². The molecular formula is C20H32N4O2. The van der Waals surface area contributed by atoms with Gasteiger partial charge in [-0.3, -0.25) is 9.59 Å². The second-order valence-electron chi connectivity index (χ2n) is 8.54. The van der Waals surface area contributed by atoms with E-state index in [1.165, 1.54) is 19.3 Å². The molecule has 6 nitrogen and oxygen atoms in total. The molecule has 2 fully saturated rings. The van der Waals surface area contributed by atoms with E-state index in [1.54, 1.807) is 0 Å². The minimum absolute atomic E-state index is 0.158. The summed E-state index contributed by atoms with van der Waals surface area (Å²) >= 11 is 0. The highest BCUT2D eigenvalue weighted by atomic mass is 16.2. The number of amides is 2. The van der Waals surface area contributed by atoms with Crippen molar-refractivity contribution in [3.63, 3.8) is 0 Å². The summed E-state index contributed by atoms with van der Waals surface area (Å²) in [7, 11) is 1.89. The number of hydrogen-bond donors (Lipinski definition) is 2. The zero-order valence-electron chi connectivity index (χ0n) is 16.5. The monoisotopic (exact) mass is 360 g/mol. The van der Waals surface area contributed by atoms with E-state index in [0.29, 0.717) is 18.8 Å². The van der Waals surface area contributed by atoms with E-state index in [2.05, 4.69) is 22.2 Å². The van der Waals surface area contributed by atoms with Gasteiger partial charge in [-0.2, -0.15) is 0 Å². The van der Waals surface area contributed by atoms with Crippen LogP contribution in [0.1, 0.15) is 61.0 Å². The summed E-state index contributed by atoms with van der Waals surface area (Å²) in [6, 6.07) is 0. The molecule has 1 atom stereocenters. The summed E-state index contributed by atoms with van der Waals surface area (Å²) in [5, 5.41) is 2.93. The number of rotatable bonds is 8. The Kier molecular flexibility index (Phi) is 5.68. The van der Waals surface area contributed by atoms with Crippen LogP contribution in [0.2, 0.25) is 0 Å². The Bertz CT molecular complexity index is 659. The third-order valence-electron chi connectivity index (χ3n) is 5.74. The molecule has 0 saturated heterocycles. The normalized spacial score (nSPS) is 23.2. The van der Waals surface area contributed by atoms with Crippen molar-refractivity contribution in [1.29, 1.82) is 0 Å². The van der Waals surface area contributed by atoms with E-state index in [0.717, 1.165) is 36.2 Å². The first-order valence-electron chi connectivity index (χ1n) is 9.89. The van der Waals surface area contributed by atoms with Gasteiger partial charge in [-0.15, -0.1) is 0 Å². The summed E-state index contributed by atoms with van der Waals surface area (Å²) < 4.78 is 0. The van der Waals surface area contributed by atoms with Gasteiger partial charge in [0, 0.05) is 31.7 Å². The van der Waals surface area contributed by atoms with Gasteiger partial charge in [-0.1, -0.05) is 19.8 Å². The number of carbonyl (C=O) groups excluding carboxylic acids is 2. The number of aryl methyl sites for hydroxylation is 2. The van der Waals surface area contributed by atoms with Crippen LogP contribution < -0.4 is 5.32 Å². The molecule has 144 valence electrons. The van der Waals surface area contributed by atoms with E-state index in [1.807, 2.05) is 25.8 Å². The quantitative estimate of drug-likeness (QED) is 0.748. The van der Waals surface area contributed by atoms with E-state index >= 15 is 0 Å². The van der Waals surface area contributed by atoms with Crippen molar-refractivity contribution in [3.8, 4) is 0 Å². The maximum Gasteiger partial charge on any atom is 0.271 e. The Morgan fingerprint density at radius 3 is 2.54 bits per heavy atom. The van der Waals surface area contributed by atoms with Crippen LogP contribution in [0.25, 0.3) is 0 Å². The number of aromatic nitrogens is 2. The van der Waals surface area contributed by atoms with Gasteiger partial charge in [0.15, 0.2) is 0 Å². The van der Waals surface area contributed by atoms with Gasteiger partial charge in [-0.05, 0) is 50.9 Å². The number of carbonyl (C=O) groups is 2. The maximum atomic E-state index is 12.5. The average molecular weight is 361 g/mol. The first-order chi connectivity index (χ1) is 12.3. The fourth-order valence-electron chi connectivity index (χ4n) is 4.07. The van der Waals surface area contributed by atoms with Crippen LogP contribution in [0.5, 0.6) is 0 Å². The van der Waals surface area contributed by atoms with Crippen molar-refractivity contribution in [1.82, 2.24) is 20.2 Å². The number of hydrogen-bond acceptors (Lipinski definition) is 3. The lowest BCUT2D eigenvalue weighted by atomic mass is 9.72. The van der Waals surface area contributed by atoms with Crippen molar-refractivity contribution < 1.29 is 9.59 Å². The zero-order valence-corrected chi connectivity index (χ0v) is 16.5. The van der Waals surface area contributed by atoms with Gasteiger partial charge < -0.3 is 15.2 Å². The van der Waals surface area contributed by atoms with Crippen molar-refractivity contribution >= 4 is 11.8 Å². The van der Waals surface area contributed by atoms with Gasteiger partial charge in [0.1, 0.15) is 11.5 Å². The van der Waals surface area contributed by atoms with Crippen LogP contribution in [0.4, 0.5) is 0 Å². The smallest absolute Gasteiger partial charge is 0.271 e. The summed E-state index contributed by atoms with van der Waals surface area (Å²) in [6.07, 6.45) is 6.28. The molecular weight excluding hydrogens is 328 g/mol. The van der Waals surface area contributed by atoms with Crippen LogP contribution in [-0.4, -0.2) is 46.8 Å². The number of H-pyrrole nitrogens is 1. The molecule has 1 unspecified atom stereocenters. The van der Waals surface area contributed by atoms with Gasteiger partial charge in [0.05, 0.1) is 0 Å². The second-order valence-corrected chi connectivity index (χ2v) is 8.54. The van der Waals surface area contributed by atoms with Crippen molar-refractivity contribution in [2.24, 2.45) is 23.7 Å². The highest BCUT2D eigenvalue weighted by Gasteiger charge is 2.38. The largest absolute Gasteiger partial charge is 0.350 e. The summed E-state index contributed by atoms with van der Waals surface area (Å²) in [5.74, 6) is 3.02. The third-order valence-corrected chi connectivity index (χ3v) is 5.74. The summed E-state index contributed by atoms with van der Waals surface area (Å²) in [6.45, 7) is 6.95. The van der Waals surface area contributed by atoms with Crippen LogP contribution in [-0.2, 0) is 4.79 Å². The predicted octanol–water partition coefficient (Wildman–Crippen LogP) is 2.68. The maximum absolute atomic E-state index is 12.5. The topological polar surface area (TPSA) is 78.1 Å². The van der Waals surface area contributed by atoms with Crippen LogP contribution >= 0.6 is 0 Å². The van der Waals surface area contributed by atoms with E-state index in [9.17, 15) is 9.59 Å². The van der Waals surface area contributed by atoms with Crippen molar-refractivity contribution in [3.05, 3.63) is 17.2 Å². The van der Waals surface area contributed by atoms with Crippen LogP contribution in [0, 0.1) is 37.5 Å². The molecule has 1 heterocycles. The predicted molar refractivity (Wildman–Crippen MR) is 101 cm³/mol. The van der Waals surface area contributed by atoms with Crippen LogP contribution in [0.15, 0.2) is 0 Å². The molecule has 1 aromatic heterocycles. The van der Waals surface area contributed by atoms with Crippen molar-refractivity contribution in [2.45, 2.75) is 52.9 Å². The zero-order chi connectivity index (χ0) is 18.8. The summed E-state index contributed by atoms with van der Waals surface area (Å²) in [5.41, 5.74) is 1.24.